The SMILES string of the molecule is CC#CCC(CCCCCC)CCCCC(=O)OCCC.CCC.CCC.CCCCCCC(=O)OCCN1CCCCC1.CS. The van der Waals surface area contributed by atoms with Crippen molar-refractivity contribution in [1.29, 1.82) is 0 Å². The maximum Gasteiger partial charge on any atom is 0.305 e. The smallest absolute Gasteiger partial charge is 0.305 e. The van der Waals surface area contributed by atoms with Crippen molar-refractivity contribution < 1.29 is 19.1 Å². The number of esters is 2. The van der Waals surface area contributed by atoms with Gasteiger partial charge in [-0.05, 0) is 77.1 Å². The average Bonchev–Trinajstić information content (AvgIpc) is 3.07. The number of ether oxygens (including phenoxy) is 2. The minimum absolute atomic E-state index is 0.0156. The van der Waals surface area contributed by atoms with Gasteiger partial charge in [0.15, 0.2) is 0 Å². The summed E-state index contributed by atoms with van der Waals surface area (Å²) in [5.74, 6) is 6.89. The van der Waals surface area contributed by atoms with Crippen LogP contribution in [-0.2, 0) is 19.1 Å². The normalized spacial score (nSPS) is 12.5. The number of carbonyl (C=O) groups is 2. The van der Waals surface area contributed by atoms with Crippen LogP contribution in [0.2, 0.25) is 0 Å². The molecule has 5 nitrogen and oxygen atoms in total. The maximum atomic E-state index is 11.4. The number of likely N-dealkylation sites (tertiary alicyclic amines) is 1. The summed E-state index contributed by atoms with van der Waals surface area (Å²) in [7, 11) is 0. The molecule has 1 atom stereocenters. The van der Waals surface area contributed by atoms with Gasteiger partial charge in [0.1, 0.15) is 6.61 Å². The van der Waals surface area contributed by atoms with E-state index in [-0.39, 0.29) is 11.9 Å². The zero-order chi connectivity index (χ0) is 35.5. The monoisotopic (exact) mass is 672 g/mol. The minimum atomic E-state index is -0.0373. The third-order valence-electron chi connectivity index (χ3n) is 7.10. The van der Waals surface area contributed by atoms with Crippen molar-refractivity contribution >= 4 is 24.6 Å². The molecule has 0 aliphatic carbocycles. The lowest BCUT2D eigenvalue weighted by Gasteiger charge is -2.25. The summed E-state index contributed by atoms with van der Waals surface area (Å²) in [6, 6.07) is 0. The summed E-state index contributed by atoms with van der Waals surface area (Å²) in [6.07, 6.45) is 25.7. The Bertz CT molecular complexity index is 639. The second-order valence-corrected chi connectivity index (χ2v) is 12.2. The number of thiol groups is 1. The van der Waals surface area contributed by atoms with Crippen LogP contribution in [0.4, 0.5) is 0 Å². The Morgan fingerprint density at radius 1 is 0.652 bits per heavy atom. The molecule has 1 fully saturated rings. The molecule has 0 aromatic heterocycles. The first-order valence-corrected chi connectivity index (χ1v) is 20.2. The lowest BCUT2D eigenvalue weighted by Crippen LogP contribution is -2.33. The summed E-state index contributed by atoms with van der Waals surface area (Å²) in [4.78, 5) is 25.2. The molecule has 0 N–H and O–H groups in total. The maximum absolute atomic E-state index is 11.4. The molecular weight excluding hydrogens is 591 g/mol. The van der Waals surface area contributed by atoms with Gasteiger partial charge in [-0.25, -0.2) is 0 Å². The van der Waals surface area contributed by atoms with Crippen molar-refractivity contribution in [3.8, 4) is 11.8 Å². The summed E-state index contributed by atoms with van der Waals surface area (Å²) in [5.41, 5.74) is 0. The van der Waals surface area contributed by atoms with Gasteiger partial charge in [-0.3, -0.25) is 14.5 Å². The highest BCUT2D eigenvalue weighted by atomic mass is 32.1. The zero-order valence-corrected chi connectivity index (χ0v) is 33.4. The highest BCUT2D eigenvalue weighted by Crippen LogP contribution is 2.21. The largest absolute Gasteiger partial charge is 0.466 e. The Morgan fingerprint density at radius 3 is 1.59 bits per heavy atom. The molecular formula is C40H81NO4S. The van der Waals surface area contributed by atoms with Crippen molar-refractivity contribution in [1.82, 2.24) is 4.90 Å². The topological polar surface area (TPSA) is 55.8 Å². The van der Waals surface area contributed by atoms with E-state index in [0.29, 0.717) is 32.0 Å². The third kappa shape index (κ3) is 47.2. The van der Waals surface area contributed by atoms with Crippen LogP contribution >= 0.6 is 12.6 Å². The van der Waals surface area contributed by atoms with Gasteiger partial charge in [0.25, 0.3) is 0 Å². The second-order valence-electron chi connectivity index (χ2n) is 12.2. The van der Waals surface area contributed by atoms with Crippen molar-refractivity contribution in [3.05, 3.63) is 0 Å². The van der Waals surface area contributed by atoms with E-state index >= 15 is 0 Å². The van der Waals surface area contributed by atoms with Gasteiger partial charge in [-0.1, -0.05) is 119 Å². The molecule has 1 heterocycles. The van der Waals surface area contributed by atoms with Crippen LogP contribution < -0.4 is 0 Å². The van der Waals surface area contributed by atoms with Crippen LogP contribution in [0.5, 0.6) is 0 Å². The van der Waals surface area contributed by atoms with Gasteiger partial charge < -0.3 is 9.47 Å². The van der Waals surface area contributed by atoms with Crippen LogP contribution in [0.3, 0.4) is 0 Å². The first kappa shape index (κ1) is 51.6. The Morgan fingerprint density at radius 2 is 1.11 bits per heavy atom. The third-order valence-corrected chi connectivity index (χ3v) is 7.10. The average molecular weight is 672 g/mol. The highest BCUT2D eigenvalue weighted by molar-refractivity contribution is 7.79. The second kappa shape index (κ2) is 48.2. The number of unbranched alkanes of at least 4 members (excludes halogenated alkanes) is 7. The summed E-state index contributed by atoms with van der Waals surface area (Å²) < 4.78 is 10.3. The van der Waals surface area contributed by atoms with Crippen molar-refractivity contribution in [3.63, 3.8) is 0 Å². The Balaban J connectivity index is -0.000000315. The Labute approximate surface area is 294 Å². The van der Waals surface area contributed by atoms with Gasteiger partial charge in [-0.15, -0.1) is 11.8 Å². The number of carbonyl (C=O) groups excluding carboxylic acids is 2. The van der Waals surface area contributed by atoms with E-state index in [2.05, 4.69) is 70.9 Å². The molecule has 0 spiro atoms. The van der Waals surface area contributed by atoms with E-state index in [1.807, 2.05) is 13.8 Å². The predicted octanol–water partition coefficient (Wildman–Crippen LogP) is 11.9. The molecule has 0 amide bonds. The van der Waals surface area contributed by atoms with E-state index in [0.717, 1.165) is 45.1 Å². The van der Waals surface area contributed by atoms with Crippen molar-refractivity contribution in [2.45, 2.75) is 190 Å². The van der Waals surface area contributed by atoms with E-state index in [1.54, 1.807) is 6.26 Å². The molecule has 0 aromatic carbocycles. The first-order chi connectivity index (χ1) is 22.4. The molecule has 6 heteroatoms. The molecule has 0 aromatic rings. The summed E-state index contributed by atoms with van der Waals surface area (Å²) in [6.45, 7) is 21.3. The summed E-state index contributed by atoms with van der Waals surface area (Å²) in [5, 5.41) is 0. The molecule has 1 aliphatic heterocycles. The van der Waals surface area contributed by atoms with Crippen molar-refractivity contribution in [2.75, 3.05) is 39.1 Å². The fourth-order valence-electron chi connectivity index (χ4n) is 4.68. The molecule has 276 valence electrons. The highest BCUT2D eigenvalue weighted by Gasteiger charge is 2.11. The van der Waals surface area contributed by atoms with Crippen LogP contribution in [-0.4, -0.2) is 55.9 Å². The zero-order valence-electron chi connectivity index (χ0n) is 32.5. The predicted molar refractivity (Wildman–Crippen MR) is 207 cm³/mol. The lowest BCUT2D eigenvalue weighted by atomic mass is 9.92. The molecule has 0 radical (unpaired) electrons. The molecule has 0 bridgehead atoms. The first-order valence-electron chi connectivity index (χ1n) is 19.3. The fourth-order valence-corrected chi connectivity index (χ4v) is 4.68. The molecule has 46 heavy (non-hydrogen) atoms. The molecule has 0 saturated carbocycles. The number of rotatable bonds is 21. The summed E-state index contributed by atoms with van der Waals surface area (Å²) >= 11 is 3.53. The molecule has 1 unspecified atom stereocenters. The van der Waals surface area contributed by atoms with E-state index in [1.165, 1.54) is 96.6 Å². The fraction of sp³-hybridized carbons (Fsp3) is 0.900. The van der Waals surface area contributed by atoms with E-state index in [4.69, 9.17) is 9.47 Å². The van der Waals surface area contributed by atoms with E-state index in [9.17, 15) is 9.59 Å². The number of piperidine rings is 1. The van der Waals surface area contributed by atoms with Crippen molar-refractivity contribution in [2.24, 2.45) is 5.92 Å². The van der Waals surface area contributed by atoms with Crippen LogP contribution in [0.1, 0.15) is 190 Å². The number of nitrogens with zero attached hydrogens (tertiary/aromatic N) is 1. The lowest BCUT2D eigenvalue weighted by molar-refractivity contribution is -0.145. The van der Waals surface area contributed by atoms with Gasteiger partial charge >= 0.3 is 11.9 Å². The van der Waals surface area contributed by atoms with Gasteiger partial charge in [-0.2, -0.15) is 12.6 Å². The van der Waals surface area contributed by atoms with Crippen LogP contribution in [0.25, 0.3) is 0 Å². The minimum Gasteiger partial charge on any atom is -0.466 e. The van der Waals surface area contributed by atoms with Gasteiger partial charge in [0.2, 0.25) is 0 Å². The molecule has 1 rings (SSSR count). The standard InChI is InChI=1S/C19H34O2.C14H27NO2.2C3H8.CH4S/c1-4-7-9-10-14-18(13-8-5-2)15-11-12-16-19(20)21-17-6-3;1-2-3-4-6-9-14(16)17-13-12-15-10-7-5-8-11-15;2*1-3-2;1-2/h18H,4,6-7,9-17H2,1-3H3;2-13H2,1H3;2*3H2,1-2H3;2H,1H3. The Kier molecular flexibility index (Phi) is 54.1. The number of hydrogen-bond donors (Lipinski definition) is 1. The Hall–Kier alpha value is -1.19. The van der Waals surface area contributed by atoms with E-state index < -0.39 is 0 Å². The molecule has 1 aliphatic rings. The van der Waals surface area contributed by atoms with Gasteiger partial charge in [0.05, 0.1) is 6.61 Å². The number of hydrogen-bond acceptors (Lipinski definition) is 6. The quantitative estimate of drug-likeness (QED) is 0.0569. The van der Waals surface area contributed by atoms with Crippen LogP contribution in [0.15, 0.2) is 0 Å². The van der Waals surface area contributed by atoms with Gasteiger partial charge in [0, 0.05) is 25.8 Å². The van der Waals surface area contributed by atoms with Crippen LogP contribution in [0, 0.1) is 17.8 Å². The molecule has 1 saturated heterocycles.